The summed E-state index contributed by atoms with van der Waals surface area (Å²) in [5, 5.41) is 10.3. The zero-order valence-electron chi connectivity index (χ0n) is 20.0. The van der Waals surface area contributed by atoms with Gasteiger partial charge in [0.15, 0.2) is 17.5 Å². The summed E-state index contributed by atoms with van der Waals surface area (Å²) in [4.78, 5) is 15.3. The molecule has 1 saturated heterocycles. The highest BCUT2D eigenvalue weighted by atomic mass is 35.5. The highest BCUT2D eigenvalue weighted by Gasteiger charge is 2.35. The van der Waals surface area contributed by atoms with E-state index >= 15 is 0 Å². The third-order valence-corrected chi connectivity index (χ3v) is 6.35. The smallest absolute Gasteiger partial charge is 0.320 e. The summed E-state index contributed by atoms with van der Waals surface area (Å²) < 4.78 is 39.7. The molecule has 1 aliphatic rings. The van der Waals surface area contributed by atoms with Crippen LogP contribution in [0.25, 0.3) is 5.69 Å². The Kier molecular flexibility index (Phi) is 8.40. The molecule has 8 nitrogen and oxygen atoms in total. The molecule has 2 atom stereocenters. The lowest BCUT2D eigenvalue weighted by Crippen LogP contribution is -2.42. The van der Waals surface area contributed by atoms with Gasteiger partial charge in [0.05, 0.1) is 24.9 Å². The number of carbonyl (C=O) groups excluding carboxylic acids is 1. The number of hydrogen-bond acceptors (Lipinski definition) is 5. The molecule has 11 heteroatoms. The molecule has 1 fully saturated rings. The molecule has 2 amide bonds. The van der Waals surface area contributed by atoms with E-state index in [9.17, 15) is 13.6 Å². The predicted molar refractivity (Wildman–Crippen MR) is 133 cm³/mol. The highest BCUT2D eigenvalue weighted by molar-refractivity contribution is 6.34. The van der Waals surface area contributed by atoms with Gasteiger partial charge in [-0.2, -0.15) is 0 Å². The number of likely N-dealkylation sites (tertiary alicyclic amines) is 1. The second-order valence-electron chi connectivity index (χ2n) is 8.39. The minimum atomic E-state index is -0.923. The van der Waals surface area contributed by atoms with Crippen LogP contribution in [0.15, 0.2) is 48.5 Å². The number of rotatable bonds is 9. The SMILES string of the molecule is CCOc1nn(-c2ccccc2)c(NC(=O)N[C@@H]2CN(CCOC)C[C@H]2c2ccc(F)c(F)c2)c1Cl. The second-order valence-corrected chi connectivity index (χ2v) is 8.76. The van der Waals surface area contributed by atoms with Crippen molar-refractivity contribution < 1.29 is 23.0 Å². The van der Waals surface area contributed by atoms with Crippen LogP contribution in [-0.4, -0.2) is 66.7 Å². The number of halogens is 3. The maximum Gasteiger partial charge on any atom is 0.320 e. The number of nitrogens with one attached hydrogen (secondary N) is 2. The van der Waals surface area contributed by atoms with Crippen LogP contribution < -0.4 is 15.4 Å². The molecule has 2 N–H and O–H groups in total. The molecule has 1 aliphatic heterocycles. The number of anilines is 1. The van der Waals surface area contributed by atoms with Gasteiger partial charge in [-0.1, -0.05) is 35.9 Å². The monoisotopic (exact) mass is 519 g/mol. The van der Waals surface area contributed by atoms with Gasteiger partial charge in [-0.05, 0) is 36.8 Å². The Bertz CT molecular complexity index is 1190. The average Bonchev–Trinajstić information content (AvgIpc) is 3.41. The van der Waals surface area contributed by atoms with Gasteiger partial charge in [-0.3, -0.25) is 10.2 Å². The summed E-state index contributed by atoms with van der Waals surface area (Å²) in [5.74, 6) is -1.64. The van der Waals surface area contributed by atoms with E-state index in [0.717, 1.165) is 6.07 Å². The van der Waals surface area contributed by atoms with Crippen LogP contribution in [0.1, 0.15) is 18.4 Å². The summed E-state index contributed by atoms with van der Waals surface area (Å²) in [7, 11) is 1.61. The number of hydrogen-bond donors (Lipinski definition) is 2. The normalized spacial score (nSPS) is 17.8. The van der Waals surface area contributed by atoms with Crippen molar-refractivity contribution in [2.24, 2.45) is 0 Å². The van der Waals surface area contributed by atoms with Crippen molar-refractivity contribution in [2.45, 2.75) is 18.9 Å². The van der Waals surface area contributed by atoms with E-state index in [1.807, 2.05) is 37.3 Å². The summed E-state index contributed by atoms with van der Waals surface area (Å²) in [6.45, 7) is 4.38. The Morgan fingerprint density at radius 1 is 1.17 bits per heavy atom. The fourth-order valence-electron chi connectivity index (χ4n) is 4.30. The van der Waals surface area contributed by atoms with Crippen molar-refractivity contribution in [1.82, 2.24) is 20.0 Å². The number of nitrogens with zero attached hydrogens (tertiary/aromatic N) is 3. The number of para-hydroxylation sites is 1. The van der Waals surface area contributed by atoms with Crippen LogP contribution in [-0.2, 0) is 4.74 Å². The Morgan fingerprint density at radius 2 is 1.94 bits per heavy atom. The maximum absolute atomic E-state index is 14.0. The lowest BCUT2D eigenvalue weighted by molar-refractivity contribution is 0.159. The third kappa shape index (κ3) is 5.77. The van der Waals surface area contributed by atoms with E-state index in [4.69, 9.17) is 21.1 Å². The first-order chi connectivity index (χ1) is 17.4. The number of aromatic nitrogens is 2. The summed E-state index contributed by atoms with van der Waals surface area (Å²) in [5.41, 5.74) is 1.29. The first kappa shape index (κ1) is 25.9. The Hall–Kier alpha value is -3.21. The average molecular weight is 520 g/mol. The van der Waals surface area contributed by atoms with E-state index < -0.39 is 17.7 Å². The number of carbonyl (C=O) groups is 1. The molecule has 192 valence electrons. The molecule has 0 aliphatic carbocycles. The van der Waals surface area contributed by atoms with Crippen LogP contribution >= 0.6 is 11.6 Å². The molecule has 4 rings (SSSR count). The van der Waals surface area contributed by atoms with Gasteiger partial charge >= 0.3 is 6.03 Å². The Morgan fingerprint density at radius 3 is 2.64 bits per heavy atom. The van der Waals surface area contributed by atoms with Crippen LogP contribution in [0, 0.1) is 11.6 Å². The van der Waals surface area contributed by atoms with E-state index in [-0.39, 0.29) is 28.7 Å². The van der Waals surface area contributed by atoms with Gasteiger partial charge in [0, 0.05) is 32.7 Å². The number of methoxy groups -OCH3 is 1. The quantitative estimate of drug-likeness (QED) is 0.437. The molecule has 2 aromatic carbocycles. The molecule has 2 heterocycles. The van der Waals surface area contributed by atoms with Crippen LogP contribution in [0.2, 0.25) is 5.02 Å². The number of urea groups is 1. The van der Waals surface area contributed by atoms with Crippen molar-refractivity contribution in [2.75, 3.05) is 45.3 Å². The fraction of sp³-hybridized carbons (Fsp3) is 0.360. The van der Waals surface area contributed by atoms with Crippen molar-refractivity contribution in [1.29, 1.82) is 0 Å². The van der Waals surface area contributed by atoms with E-state index in [2.05, 4.69) is 20.6 Å². The molecule has 0 spiro atoms. The largest absolute Gasteiger partial charge is 0.476 e. The number of amides is 2. The first-order valence-corrected chi connectivity index (χ1v) is 12.0. The minimum absolute atomic E-state index is 0.168. The topological polar surface area (TPSA) is 80.6 Å². The standard InChI is InChI=1S/C25H28ClF2N5O3/c1-3-36-24-22(26)23(33(31-24)17-7-5-4-6-8-17)30-25(34)29-21-15-32(11-12-35-2)14-18(21)16-9-10-19(27)20(28)13-16/h4-10,13,18,21H,3,11-12,14-15H2,1-2H3,(H2,29,30,34)/t18-,21+/m0/s1. The van der Waals surface area contributed by atoms with Gasteiger partial charge in [0.2, 0.25) is 0 Å². The van der Waals surface area contributed by atoms with E-state index in [1.54, 1.807) is 13.2 Å². The van der Waals surface area contributed by atoms with Crippen LogP contribution in [0.5, 0.6) is 5.88 Å². The van der Waals surface area contributed by atoms with Crippen molar-refractivity contribution in [3.63, 3.8) is 0 Å². The summed E-state index contributed by atoms with van der Waals surface area (Å²) in [6.07, 6.45) is 0. The second kappa shape index (κ2) is 11.7. The van der Waals surface area contributed by atoms with Crippen molar-refractivity contribution in [3.05, 3.63) is 70.8 Å². The van der Waals surface area contributed by atoms with Gasteiger partial charge < -0.3 is 14.8 Å². The molecule has 0 radical (unpaired) electrons. The van der Waals surface area contributed by atoms with Gasteiger partial charge in [0.25, 0.3) is 5.88 Å². The molecule has 0 saturated carbocycles. The highest BCUT2D eigenvalue weighted by Crippen LogP contribution is 2.34. The Balaban J connectivity index is 1.56. The predicted octanol–water partition coefficient (Wildman–Crippen LogP) is 4.44. The molecule has 1 aromatic heterocycles. The molecule has 3 aromatic rings. The first-order valence-electron chi connectivity index (χ1n) is 11.6. The van der Waals surface area contributed by atoms with E-state index in [0.29, 0.717) is 44.1 Å². The van der Waals surface area contributed by atoms with Gasteiger partial charge in [-0.15, -0.1) is 5.10 Å². The lowest BCUT2D eigenvalue weighted by atomic mass is 9.94. The summed E-state index contributed by atoms with van der Waals surface area (Å²) >= 11 is 6.51. The molecule has 0 bridgehead atoms. The lowest BCUT2D eigenvalue weighted by Gasteiger charge is -2.21. The zero-order chi connectivity index (χ0) is 25.7. The molecular formula is C25H28ClF2N5O3. The van der Waals surface area contributed by atoms with E-state index in [1.165, 1.54) is 10.7 Å². The van der Waals surface area contributed by atoms with Gasteiger partial charge in [0.1, 0.15) is 5.02 Å². The van der Waals surface area contributed by atoms with Crippen molar-refractivity contribution in [3.8, 4) is 11.6 Å². The zero-order valence-corrected chi connectivity index (χ0v) is 20.8. The van der Waals surface area contributed by atoms with Gasteiger partial charge in [-0.25, -0.2) is 18.3 Å². The summed E-state index contributed by atoms with van der Waals surface area (Å²) in [6, 6.07) is 12.2. The molecule has 36 heavy (non-hydrogen) atoms. The molecule has 0 unspecified atom stereocenters. The number of benzene rings is 2. The van der Waals surface area contributed by atoms with Crippen molar-refractivity contribution >= 4 is 23.4 Å². The van der Waals surface area contributed by atoms with Crippen LogP contribution in [0.3, 0.4) is 0 Å². The minimum Gasteiger partial charge on any atom is -0.476 e. The third-order valence-electron chi connectivity index (χ3n) is 6.01. The number of ether oxygens (including phenoxy) is 2. The maximum atomic E-state index is 14.0. The van der Waals surface area contributed by atoms with Crippen LogP contribution in [0.4, 0.5) is 19.4 Å². The Labute approximate surface area is 213 Å². The fourth-order valence-corrected chi connectivity index (χ4v) is 4.52. The molecular weight excluding hydrogens is 492 g/mol.